The van der Waals surface area contributed by atoms with Gasteiger partial charge in [0.2, 0.25) is 0 Å². The molecule has 1 atom stereocenters. The Labute approximate surface area is 156 Å². The second-order valence-corrected chi connectivity index (χ2v) is 7.65. The number of benzene rings is 2. The summed E-state index contributed by atoms with van der Waals surface area (Å²) in [7, 11) is 0. The first-order valence-corrected chi connectivity index (χ1v) is 9.62. The summed E-state index contributed by atoms with van der Waals surface area (Å²) in [6.45, 7) is 11.6. The molecule has 0 bridgehead atoms. The fourth-order valence-corrected chi connectivity index (χ4v) is 3.80. The van der Waals surface area contributed by atoms with E-state index < -0.39 is 0 Å². The van der Waals surface area contributed by atoms with Crippen molar-refractivity contribution in [3.63, 3.8) is 0 Å². The van der Waals surface area contributed by atoms with Gasteiger partial charge in [0, 0.05) is 11.3 Å². The number of rotatable bonds is 5. The predicted molar refractivity (Wildman–Crippen MR) is 106 cm³/mol. The maximum absolute atomic E-state index is 12.6. The Morgan fingerprint density at radius 1 is 1.00 bits per heavy atom. The minimum atomic E-state index is -0.0176. The maximum atomic E-state index is 12.6. The van der Waals surface area contributed by atoms with Crippen LogP contribution < -0.4 is 15.1 Å². The molecule has 26 heavy (non-hydrogen) atoms. The minimum Gasteiger partial charge on any atom is -0.322 e. The number of carbonyl (C=O) groups is 1. The molecule has 2 aromatic rings. The molecule has 0 spiro atoms. The summed E-state index contributed by atoms with van der Waals surface area (Å²) in [4.78, 5) is 15.6. The van der Waals surface area contributed by atoms with Crippen LogP contribution in [-0.4, -0.2) is 38.1 Å². The van der Waals surface area contributed by atoms with Gasteiger partial charge < -0.3 is 15.1 Å². The van der Waals surface area contributed by atoms with Crippen LogP contribution in [0.1, 0.15) is 23.6 Å². The van der Waals surface area contributed by atoms with Crippen molar-refractivity contribution < 1.29 is 14.6 Å². The number of quaternary nitrogens is 2. The molecule has 0 saturated carbocycles. The van der Waals surface area contributed by atoms with Crippen LogP contribution in [0.25, 0.3) is 0 Å². The molecule has 1 amide bonds. The van der Waals surface area contributed by atoms with Crippen molar-refractivity contribution >= 4 is 11.6 Å². The van der Waals surface area contributed by atoms with Gasteiger partial charge in [-0.2, -0.15) is 0 Å². The molecule has 3 N–H and O–H groups in total. The van der Waals surface area contributed by atoms with Crippen molar-refractivity contribution in [2.24, 2.45) is 0 Å². The predicted octanol–water partition coefficient (Wildman–Crippen LogP) is 0.614. The standard InChI is InChI=1S/C22H29N3O/c1-17-6-4-8-20(14-17)16-24-10-12-25(13-11-24)19(3)22(26)23-21-9-5-7-18(2)15-21/h4-9,14-15,19H,10-13,16H2,1-3H3,(H,23,26)/p+2/t19-/m0/s1. The highest BCUT2D eigenvalue weighted by Crippen LogP contribution is 2.09. The van der Waals surface area contributed by atoms with E-state index in [1.807, 2.05) is 38.1 Å². The molecule has 138 valence electrons. The number of nitrogens with one attached hydrogen (secondary N) is 3. The number of hydrogen-bond acceptors (Lipinski definition) is 1. The Morgan fingerprint density at radius 3 is 2.31 bits per heavy atom. The number of anilines is 1. The largest absolute Gasteiger partial charge is 0.322 e. The van der Waals surface area contributed by atoms with Crippen molar-refractivity contribution in [3.05, 3.63) is 65.2 Å². The lowest BCUT2D eigenvalue weighted by Crippen LogP contribution is -3.29. The lowest BCUT2D eigenvalue weighted by Gasteiger charge is -2.32. The van der Waals surface area contributed by atoms with Crippen LogP contribution in [0.4, 0.5) is 5.69 Å². The van der Waals surface area contributed by atoms with Gasteiger partial charge in [-0.05, 0) is 38.5 Å². The van der Waals surface area contributed by atoms with E-state index >= 15 is 0 Å². The normalized spacial score (nSPS) is 21.2. The van der Waals surface area contributed by atoms with Crippen molar-refractivity contribution in [1.82, 2.24) is 0 Å². The smallest absolute Gasteiger partial charge is 0.282 e. The Balaban J connectivity index is 1.50. The third kappa shape index (κ3) is 4.93. The molecule has 4 nitrogen and oxygen atoms in total. The Bertz CT molecular complexity index is 751. The highest BCUT2D eigenvalue weighted by atomic mass is 16.2. The molecule has 1 fully saturated rings. The average molecular weight is 354 g/mol. The van der Waals surface area contributed by atoms with E-state index in [4.69, 9.17) is 0 Å². The van der Waals surface area contributed by atoms with Gasteiger partial charge >= 0.3 is 0 Å². The van der Waals surface area contributed by atoms with Gasteiger partial charge in [0.15, 0.2) is 6.04 Å². The molecule has 1 aliphatic heterocycles. The maximum Gasteiger partial charge on any atom is 0.282 e. The van der Waals surface area contributed by atoms with E-state index in [2.05, 4.69) is 36.5 Å². The molecule has 2 aromatic carbocycles. The highest BCUT2D eigenvalue weighted by Gasteiger charge is 2.31. The summed E-state index contributed by atoms with van der Waals surface area (Å²) in [5, 5.41) is 3.07. The van der Waals surface area contributed by atoms with Gasteiger partial charge in [0.1, 0.15) is 32.7 Å². The Hall–Kier alpha value is -2.17. The quantitative estimate of drug-likeness (QED) is 0.724. The number of piperazine rings is 1. The van der Waals surface area contributed by atoms with Gasteiger partial charge in [0.25, 0.3) is 5.91 Å². The Kier molecular flexibility index (Phi) is 6.07. The molecule has 3 rings (SSSR count). The molecule has 0 aromatic heterocycles. The first-order chi connectivity index (χ1) is 12.5. The van der Waals surface area contributed by atoms with Gasteiger partial charge in [0.05, 0.1) is 0 Å². The zero-order valence-corrected chi connectivity index (χ0v) is 16.1. The van der Waals surface area contributed by atoms with Crippen LogP contribution in [0.3, 0.4) is 0 Å². The fraction of sp³-hybridized carbons (Fsp3) is 0.409. The number of amides is 1. The summed E-state index contributed by atoms with van der Waals surface area (Å²) in [5.41, 5.74) is 4.79. The van der Waals surface area contributed by atoms with Gasteiger partial charge in [-0.25, -0.2) is 0 Å². The van der Waals surface area contributed by atoms with Crippen LogP contribution in [0.5, 0.6) is 0 Å². The monoisotopic (exact) mass is 353 g/mol. The van der Waals surface area contributed by atoms with Crippen LogP contribution in [-0.2, 0) is 11.3 Å². The lowest BCUT2D eigenvalue weighted by molar-refractivity contribution is -1.02. The fourth-order valence-electron chi connectivity index (χ4n) is 3.80. The molecule has 0 radical (unpaired) electrons. The summed E-state index contributed by atoms with van der Waals surface area (Å²) in [6.07, 6.45) is 0. The SMILES string of the molecule is Cc1cccc(C[NH+]2CC[NH+]([C@@H](C)C(=O)Nc3cccc(C)c3)CC2)c1. The second-order valence-electron chi connectivity index (χ2n) is 7.65. The molecule has 0 aliphatic carbocycles. The van der Waals surface area contributed by atoms with Crippen LogP contribution >= 0.6 is 0 Å². The van der Waals surface area contributed by atoms with Gasteiger partial charge in [-0.15, -0.1) is 0 Å². The molecular formula is C22H31N3O+2. The number of hydrogen-bond donors (Lipinski definition) is 3. The lowest BCUT2D eigenvalue weighted by atomic mass is 10.1. The van der Waals surface area contributed by atoms with Crippen molar-refractivity contribution in [2.75, 3.05) is 31.5 Å². The van der Waals surface area contributed by atoms with Gasteiger partial charge in [-0.3, -0.25) is 4.79 Å². The number of aryl methyl sites for hydroxylation is 2. The molecule has 4 heteroatoms. The summed E-state index contributed by atoms with van der Waals surface area (Å²) >= 11 is 0. The van der Waals surface area contributed by atoms with E-state index in [1.165, 1.54) is 16.0 Å². The Morgan fingerprint density at radius 2 is 1.65 bits per heavy atom. The first kappa shape index (κ1) is 18.6. The third-order valence-electron chi connectivity index (χ3n) is 5.43. The van der Waals surface area contributed by atoms with Crippen LogP contribution in [0.15, 0.2) is 48.5 Å². The van der Waals surface area contributed by atoms with Crippen molar-refractivity contribution in [1.29, 1.82) is 0 Å². The summed E-state index contributed by atoms with van der Waals surface area (Å²) in [5.74, 6) is 0.118. The number of carbonyl (C=O) groups excluding carboxylic acids is 1. The zero-order valence-electron chi connectivity index (χ0n) is 16.1. The highest BCUT2D eigenvalue weighted by molar-refractivity contribution is 5.93. The summed E-state index contributed by atoms with van der Waals surface area (Å²) in [6, 6.07) is 16.8. The average Bonchev–Trinajstić information content (AvgIpc) is 2.62. The molecule has 1 aliphatic rings. The second kappa shape index (κ2) is 8.47. The van der Waals surface area contributed by atoms with E-state index in [1.54, 1.807) is 4.90 Å². The van der Waals surface area contributed by atoms with Crippen molar-refractivity contribution in [2.45, 2.75) is 33.4 Å². The van der Waals surface area contributed by atoms with E-state index in [9.17, 15) is 4.79 Å². The zero-order chi connectivity index (χ0) is 18.5. The first-order valence-electron chi connectivity index (χ1n) is 9.62. The topological polar surface area (TPSA) is 38.0 Å². The summed E-state index contributed by atoms with van der Waals surface area (Å²) < 4.78 is 0. The molecule has 1 saturated heterocycles. The van der Waals surface area contributed by atoms with E-state index in [0.717, 1.165) is 44.0 Å². The van der Waals surface area contributed by atoms with E-state index in [-0.39, 0.29) is 11.9 Å². The van der Waals surface area contributed by atoms with E-state index in [0.29, 0.717) is 0 Å². The van der Waals surface area contributed by atoms with Crippen LogP contribution in [0.2, 0.25) is 0 Å². The van der Waals surface area contributed by atoms with Crippen LogP contribution in [0, 0.1) is 13.8 Å². The molecule has 1 heterocycles. The minimum absolute atomic E-state index is 0.0176. The molecular weight excluding hydrogens is 322 g/mol. The van der Waals surface area contributed by atoms with Gasteiger partial charge in [-0.1, -0.05) is 42.0 Å². The molecule has 0 unspecified atom stereocenters. The van der Waals surface area contributed by atoms with Crippen molar-refractivity contribution in [3.8, 4) is 0 Å². The third-order valence-corrected chi connectivity index (χ3v) is 5.43.